The maximum atomic E-state index is 12.3. The van der Waals surface area contributed by atoms with Crippen LogP contribution in [0.2, 0.25) is 0 Å². The number of piperidine rings is 1. The second-order valence-electron chi connectivity index (χ2n) is 7.91. The van der Waals surface area contributed by atoms with Crippen molar-refractivity contribution in [3.8, 4) is 10.6 Å². The number of nitrogens with one attached hydrogen (secondary N) is 1. The summed E-state index contributed by atoms with van der Waals surface area (Å²) in [6.07, 6.45) is 3.91. The number of ether oxygens (including phenoxy) is 1. The number of carbonyl (C=O) groups is 2. The van der Waals surface area contributed by atoms with Gasteiger partial charge in [-0.2, -0.15) is 0 Å². The number of fused-ring (bicyclic) bond motifs is 1. The lowest BCUT2D eigenvalue weighted by atomic mass is 10.0. The number of hydrogen-bond donors (Lipinski definition) is 2. The van der Waals surface area contributed by atoms with Crippen LogP contribution in [-0.2, 0) is 4.74 Å². The molecule has 9 heteroatoms. The highest BCUT2D eigenvalue weighted by molar-refractivity contribution is 7.22. The third kappa shape index (κ3) is 4.58. The van der Waals surface area contributed by atoms with Crippen LogP contribution in [0.3, 0.4) is 0 Å². The molecule has 4 rings (SSSR count). The summed E-state index contributed by atoms with van der Waals surface area (Å²) >= 11 is 1.54. The van der Waals surface area contributed by atoms with Gasteiger partial charge in [-0.05, 0) is 63.0 Å². The molecule has 0 unspecified atom stereocenters. The number of nitrogens with two attached hydrogens (primary N) is 1. The lowest BCUT2D eigenvalue weighted by Crippen LogP contribution is -2.44. The van der Waals surface area contributed by atoms with E-state index in [1.807, 2.05) is 25.3 Å². The van der Waals surface area contributed by atoms with E-state index in [4.69, 9.17) is 10.7 Å². The fourth-order valence-corrected chi connectivity index (χ4v) is 5.27. The Morgan fingerprint density at radius 1 is 1.31 bits per heavy atom. The molecule has 1 aromatic carbocycles. The molecule has 1 amide bonds. The molecule has 3 N–H and O–H groups in total. The van der Waals surface area contributed by atoms with Crippen molar-refractivity contribution < 1.29 is 14.3 Å². The van der Waals surface area contributed by atoms with Gasteiger partial charge in [0.25, 0.3) is 0 Å². The molecule has 2 aromatic heterocycles. The van der Waals surface area contributed by atoms with Crippen molar-refractivity contribution in [2.75, 3.05) is 24.5 Å². The number of aryl methyl sites for hydroxylation is 1. The second kappa shape index (κ2) is 9.62. The minimum absolute atomic E-state index is 0.304. The summed E-state index contributed by atoms with van der Waals surface area (Å²) in [6, 6.07) is 7.66. The molecule has 1 saturated heterocycles. The van der Waals surface area contributed by atoms with Crippen molar-refractivity contribution >= 4 is 39.4 Å². The minimum Gasteiger partial charge on any atom is -0.373 e. The summed E-state index contributed by atoms with van der Waals surface area (Å²) in [6.45, 7) is 7.07. The Kier molecular flexibility index (Phi) is 6.66. The van der Waals surface area contributed by atoms with E-state index in [9.17, 15) is 9.59 Å². The molecule has 0 atom stereocenters. The summed E-state index contributed by atoms with van der Waals surface area (Å²) in [5.74, 6) is -0.0160. The number of benzene rings is 1. The average molecular weight is 454 g/mol. The largest absolute Gasteiger partial charge is 0.412 e. The van der Waals surface area contributed by atoms with Crippen LogP contribution in [0.25, 0.3) is 20.7 Å². The van der Waals surface area contributed by atoms with Crippen LogP contribution in [-0.4, -0.2) is 47.7 Å². The van der Waals surface area contributed by atoms with E-state index < -0.39 is 12.1 Å². The lowest BCUT2D eigenvalue weighted by Gasteiger charge is -2.34. The highest BCUT2D eigenvalue weighted by atomic mass is 32.1. The van der Waals surface area contributed by atoms with Crippen LogP contribution >= 0.6 is 11.3 Å². The van der Waals surface area contributed by atoms with Crippen LogP contribution in [0.15, 0.2) is 30.5 Å². The number of primary amides is 1. The molecule has 0 radical (unpaired) electrons. The van der Waals surface area contributed by atoms with Gasteiger partial charge >= 0.3 is 12.1 Å². The van der Waals surface area contributed by atoms with Gasteiger partial charge in [0.15, 0.2) is 0 Å². The Morgan fingerprint density at radius 3 is 2.81 bits per heavy atom. The van der Waals surface area contributed by atoms with Crippen molar-refractivity contribution in [2.45, 2.75) is 39.2 Å². The predicted octanol–water partition coefficient (Wildman–Crippen LogP) is 3.87. The molecule has 3 aromatic rings. The maximum Gasteiger partial charge on any atom is 0.412 e. The summed E-state index contributed by atoms with van der Waals surface area (Å²) in [5, 5.41) is 4.13. The monoisotopic (exact) mass is 453 g/mol. The van der Waals surface area contributed by atoms with Crippen LogP contribution in [0.1, 0.15) is 42.1 Å². The van der Waals surface area contributed by atoms with Gasteiger partial charge in [0.1, 0.15) is 0 Å². The van der Waals surface area contributed by atoms with Crippen molar-refractivity contribution in [2.24, 2.45) is 5.73 Å². The maximum absolute atomic E-state index is 12.3. The standard InChI is InChI=1S/C23H27N5O3S/c1-3-11-28(15-7-9-25-10-8-15)23-26-13-14(2)20(27-23)19-12-17-16(21(29)31-22(24)30)5-4-6-18(17)32-19/h4-6,12-13,15,25H,3,7-11H2,1-2H3,(H2,24,30). The number of aromatic nitrogens is 2. The van der Waals surface area contributed by atoms with E-state index in [0.29, 0.717) is 17.0 Å². The highest BCUT2D eigenvalue weighted by Crippen LogP contribution is 2.36. The molecule has 1 fully saturated rings. The topological polar surface area (TPSA) is 110 Å². The Labute approximate surface area is 190 Å². The average Bonchev–Trinajstić information content (AvgIpc) is 3.22. The number of esters is 1. The molecule has 0 spiro atoms. The Morgan fingerprint density at radius 2 is 2.09 bits per heavy atom. The first-order valence-corrected chi connectivity index (χ1v) is 11.6. The van der Waals surface area contributed by atoms with E-state index >= 15 is 0 Å². The number of anilines is 1. The van der Waals surface area contributed by atoms with Crippen molar-refractivity contribution in [3.05, 3.63) is 41.6 Å². The Balaban J connectivity index is 1.73. The Bertz CT molecular complexity index is 1140. The fraction of sp³-hybridized carbons (Fsp3) is 0.391. The molecule has 3 heterocycles. The third-order valence-corrected chi connectivity index (χ3v) is 6.74. The van der Waals surface area contributed by atoms with E-state index in [1.165, 1.54) is 0 Å². The quantitative estimate of drug-likeness (QED) is 0.430. The van der Waals surface area contributed by atoms with Gasteiger partial charge in [-0.25, -0.2) is 19.6 Å². The number of thiophene rings is 1. The SMILES string of the molecule is CCCN(c1ncc(C)c(-c2cc3c(C(=O)OC(N)=O)cccc3s2)n1)C1CCNCC1. The van der Waals surface area contributed by atoms with Crippen molar-refractivity contribution in [3.63, 3.8) is 0 Å². The number of hydrogen-bond acceptors (Lipinski definition) is 8. The first-order chi connectivity index (χ1) is 15.5. The number of amides is 1. The predicted molar refractivity (Wildman–Crippen MR) is 126 cm³/mol. The molecular formula is C23H27N5O3S. The summed E-state index contributed by atoms with van der Waals surface area (Å²) in [5.41, 5.74) is 7.13. The van der Waals surface area contributed by atoms with E-state index in [2.05, 4.69) is 26.9 Å². The number of carbonyl (C=O) groups excluding carboxylic acids is 2. The Hall–Kier alpha value is -3.04. The van der Waals surface area contributed by atoms with Gasteiger partial charge in [0, 0.05) is 28.9 Å². The van der Waals surface area contributed by atoms with Crippen molar-refractivity contribution in [1.29, 1.82) is 0 Å². The normalized spacial score (nSPS) is 14.4. The lowest BCUT2D eigenvalue weighted by molar-refractivity contribution is 0.0640. The molecule has 8 nitrogen and oxygen atoms in total. The molecule has 168 valence electrons. The van der Waals surface area contributed by atoms with E-state index in [1.54, 1.807) is 23.5 Å². The van der Waals surface area contributed by atoms with Crippen LogP contribution < -0.4 is 16.0 Å². The molecule has 0 saturated carbocycles. The van der Waals surface area contributed by atoms with E-state index in [-0.39, 0.29) is 0 Å². The smallest absolute Gasteiger partial charge is 0.373 e. The van der Waals surface area contributed by atoms with Gasteiger partial charge in [-0.3, -0.25) is 0 Å². The van der Waals surface area contributed by atoms with Gasteiger partial charge < -0.3 is 20.7 Å². The molecule has 0 bridgehead atoms. The summed E-state index contributed by atoms with van der Waals surface area (Å²) in [4.78, 5) is 36.2. The van der Waals surface area contributed by atoms with Gasteiger partial charge in [-0.1, -0.05) is 13.0 Å². The fourth-order valence-electron chi connectivity index (χ4n) is 4.13. The van der Waals surface area contributed by atoms with Crippen LogP contribution in [0.5, 0.6) is 0 Å². The highest BCUT2D eigenvalue weighted by Gasteiger charge is 2.24. The second-order valence-corrected chi connectivity index (χ2v) is 9.00. The van der Waals surface area contributed by atoms with Gasteiger partial charge in [-0.15, -0.1) is 11.3 Å². The van der Waals surface area contributed by atoms with Gasteiger partial charge in [0.2, 0.25) is 5.95 Å². The van der Waals surface area contributed by atoms with Crippen LogP contribution in [0.4, 0.5) is 10.7 Å². The number of rotatable bonds is 6. The zero-order valence-electron chi connectivity index (χ0n) is 18.3. The molecule has 1 aliphatic rings. The first kappa shape index (κ1) is 22.2. The van der Waals surface area contributed by atoms with E-state index in [0.717, 1.165) is 65.7 Å². The molecule has 1 aliphatic heterocycles. The molecule has 0 aliphatic carbocycles. The summed E-state index contributed by atoms with van der Waals surface area (Å²) < 4.78 is 5.50. The minimum atomic E-state index is -1.12. The zero-order chi connectivity index (χ0) is 22.7. The zero-order valence-corrected chi connectivity index (χ0v) is 19.1. The molecule has 32 heavy (non-hydrogen) atoms. The molecular weight excluding hydrogens is 426 g/mol. The summed E-state index contributed by atoms with van der Waals surface area (Å²) in [7, 11) is 0. The first-order valence-electron chi connectivity index (χ1n) is 10.8. The van der Waals surface area contributed by atoms with Crippen molar-refractivity contribution in [1.82, 2.24) is 15.3 Å². The third-order valence-electron chi connectivity index (χ3n) is 5.64. The van der Waals surface area contributed by atoms with Gasteiger partial charge in [0.05, 0.1) is 16.1 Å². The van der Waals surface area contributed by atoms with Crippen LogP contribution in [0, 0.1) is 6.92 Å². The number of nitrogens with zero attached hydrogens (tertiary/aromatic N) is 3.